The highest BCUT2D eigenvalue weighted by molar-refractivity contribution is 5.09. The second-order valence-corrected chi connectivity index (χ2v) is 14.4. The van der Waals surface area contributed by atoms with Gasteiger partial charge in [-0.2, -0.15) is 39.5 Å². The smallest absolute Gasteiger partial charge is 0.252 e. The number of halogens is 9. The molecule has 1 N–H and O–H groups in total. The summed E-state index contributed by atoms with van der Waals surface area (Å²) in [5.41, 5.74) is -6.40. The summed E-state index contributed by atoms with van der Waals surface area (Å²) >= 11 is 0. The normalized spacial score (nSPS) is 42.7. The minimum Gasteiger partial charge on any atom is -0.252 e. The molecular formula is C28H39F9O2. The maximum atomic E-state index is 15.0. The number of hydrogen-bond acceptors (Lipinski definition) is 2. The van der Waals surface area contributed by atoms with Gasteiger partial charge in [-0.15, -0.1) is 0 Å². The van der Waals surface area contributed by atoms with E-state index in [1.165, 1.54) is 0 Å². The fraction of sp³-hybridized carbons (Fsp3) is 1.00. The van der Waals surface area contributed by atoms with Crippen LogP contribution < -0.4 is 0 Å². The second-order valence-electron chi connectivity index (χ2n) is 14.4. The molecule has 0 spiro atoms. The lowest BCUT2D eigenvalue weighted by molar-refractivity contribution is -0.373. The van der Waals surface area contributed by atoms with Crippen molar-refractivity contribution in [2.24, 2.45) is 70.0 Å². The predicted octanol–water partition coefficient (Wildman–Crippen LogP) is 9.30. The Morgan fingerprint density at radius 3 is 1.62 bits per heavy atom. The first kappa shape index (κ1) is 29.8. The fourth-order valence-corrected chi connectivity index (χ4v) is 10.3. The van der Waals surface area contributed by atoms with Crippen molar-refractivity contribution in [1.29, 1.82) is 0 Å². The highest BCUT2D eigenvalue weighted by atomic mass is 19.4. The van der Waals surface area contributed by atoms with Gasteiger partial charge in [0.2, 0.25) is 0 Å². The van der Waals surface area contributed by atoms with Gasteiger partial charge in [-0.1, -0.05) is 6.92 Å². The van der Waals surface area contributed by atoms with Crippen molar-refractivity contribution in [3.8, 4) is 0 Å². The van der Waals surface area contributed by atoms with Crippen LogP contribution in [0.15, 0.2) is 0 Å². The molecule has 7 unspecified atom stereocenters. The maximum absolute atomic E-state index is 15.0. The zero-order chi connectivity index (χ0) is 28.9. The molecule has 0 aromatic heterocycles. The van der Waals surface area contributed by atoms with E-state index in [9.17, 15) is 44.8 Å². The molecule has 6 rings (SSSR count). The Morgan fingerprint density at radius 1 is 0.692 bits per heavy atom. The molecule has 6 fully saturated rings. The SMILES string of the molecule is CC1C2CC(CC(C)(C(F)(F)F)C(F)(F)F)C(C2)C1CC(C)(C(OO)C1C2CC3CC(C2)CC1C3)C(F)(F)F. The fourth-order valence-electron chi connectivity index (χ4n) is 10.3. The summed E-state index contributed by atoms with van der Waals surface area (Å²) in [7, 11) is 0. The number of fused-ring (bicyclic) bond motifs is 2. The van der Waals surface area contributed by atoms with Crippen LogP contribution in [0.25, 0.3) is 0 Å². The average Bonchev–Trinajstić information content (AvgIpc) is 3.31. The molecule has 6 aliphatic rings. The second kappa shape index (κ2) is 9.40. The lowest BCUT2D eigenvalue weighted by Crippen LogP contribution is -2.58. The van der Waals surface area contributed by atoms with Gasteiger partial charge in [-0.25, -0.2) is 4.89 Å². The minimum absolute atomic E-state index is 0.0181. The Balaban J connectivity index is 1.42. The van der Waals surface area contributed by atoms with Crippen LogP contribution in [0.4, 0.5) is 39.5 Å². The van der Waals surface area contributed by atoms with Gasteiger partial charge >= 0.3 is 18.5 Å². The van der Waals surface area contributed by atoms with Crippen LogP contribution in [0, 0.1) is 70.0 Å². The van der Waals surface area contributed by atoms with Crippen LogP contribution in [0.5, 0.6) is 0 Å². The summed E-state index contributed by atoms with van der Waals surface area (Å²) in [5.74, 6) is -2.30. The Labute approximate surface area is 223 Å². The van der Waals surface area contributed by atoms with Crippen molar-refractivity contribution in [2.45, 2.75) is 103 Å². The first-order chi connectivity index (χ1) is 17.8. The molecule has 6 bridgehead atoms. The summed E-state index contributed by atoms with van der Waals surface area (Å²) in [6.07, 6.45) is -14.2. The molecule has 6 saturated carbocycles. The van der Waals surface area contributed by atoms with E-state index in [2.05, 4.69) is 0 Å². The van der Waals surface area contributed by atoms with E-state index in [-0.39, 0.29) is 37.0 Å². The van der Waals surface area contributed by atoms with Crippen LogP contribution in [-0.2, 0) is 4.89 Å². The van der Waals surface area contributed by atoms with E-state index in [4.69, 9.17) is 4.89 Å². The van der Waals surface area contributed by atoms with Crippen molar-refractivity contribution >= 4 is 0 Å². The molecule has 0 saturated heterocycles. The minimum atomic E-state index is -5.52. The third kappa shape index (κ3) is 4.62. The first-order valence-electron chi connectivity index (χ1n) is 14.3. The van der Waals surface area contributed by atoms with Crippen molar-refractivity contribution in [3.63, 3.8) is 0 Å². The van der Waals surface area contributed by atoms with Gasteiger partial charge in [-0.3, -0.25) is 5.26 Å². The molecule has 0 amide bonds. The third-order valence-corrected chi connectivity index (χ3v) is 12.4. The number of hydrogen-bond donors (Lipinski definition) is 1. The molecule has 0 aliphatic heterocycles. The topological polar surface area (TPSA) is 29.5 Å². The van der Waals surface area contributed by atoms with Crippen molar-refractivity contribution in [3.05, 3.63) is 0 Å². The molecule has 11 heteroatoms. The largest absolute Gasteiger partial charge is 0.402 e. The summed E-state index contributed by atoms with van der Waals surface area (Å²) in [4.78, 5) is 4.77. The summed E-state index contributed by atoms with van der Waals surface area (Å²) in [6.45, 7) is 2.98. The molecule has 7 atom stereocenters. The van der Waals surface area contributed by atoms with Gasteiger partial charge in [0.05, 0.1) is 5.41 Å². The first-order valence-corrected chi connectivity index (χ1v) is 14.3. The Bertz CT molecular complexity index is 870. The Kier molecular flexibility index (Phi) is 7.17. The molecular weight excluding hydrogens is 539 g/mol. The lowest BCUT2D eigenvalue weighted by atomic mass is 9.48. The highest BCUT2D eigenvalue weighted by Gasteiger charge is 2.70. The number of rotatable bonds is 7. The quantitative estimate of drug-likeness (QED) is 0.185. The molecule has 39 heavy (non-hydrogen) atoms. The zero-order valence-electron chi connectivity index (χ0n) is 22.5. The predicted molar refractivity (Wildman–Crippen MR) is 124 cm³/mol. The average molecular weight is 579 g/mol. The van der Waals surface area contributed by atoms with Crippen LogP contribution in [0.1, 0.15) is 78.6 Å². The lowest BCUT2D eigenvalue weighted by Gasteiger charge is -2.58. The van der Waals surface area contributed by atoms with Crippen LogP contribution in [0.3, 0.4) is 0 Å². The molecule has 6 aliphatic carbocycles. The Morgan fingerprint density at radius 2 is 1.21 bits per heavy atom. The molecule has 0 radical (unpaired) electrons. The van der Waals surface area contributed by atoms with Gasteiger partial charge in [0.15, 0.2) is 5.41 Å². The molecule has 0 aromatic carbocycles. The van der Waals surface area contributed by atoms with E-state index in [0.717, 1.165) is 39.0 Å². The summed E-state index contributed by atoms with van der Waals surface area (Å²) in [6, 6.07) is 0. The van der Waals surface area contributed by atoms with Crippen LogP contribution in [0.2, 0.25) is 0 Å². The van der Waals surface area contributed by atoms with Crippen LogP contribution in [-0.4, -0.2) is 29.9 Å². The summed E-state index contributed by atoms with van der Waals surface area (Å²) < 4.78 is 127. The van der Waals surface area contributed by atoms with Crippen molar-refractivity contribution < 1.29 is 49.7 Å². The molecule has 2 nitrogen and oxygen atoms in total. The molecule has 0 aromatic rings. The Hall–Kier alpha value is -0.710. The zero-order valence-corrected chi connectivity index (χ0v) is 22.5. The maximum Gasteiger partial charge on any atom is 0.402 e. The van der Waals surface area contributed by atoms with Gasteiger partial charge in [-0.05, 0) is 131 Å². The van der Waals surface area contributed by atoms with Crippen LogP contribution >= 0.6 is 0 Å². The van der Waals surface area contributed by atoms with Gasteiger partial charge in [0, 0.05) is 0 Å². The van der Waals surface area contributed by atoms with Gasteiger partial charge < -0.3 is 0 Å². The van der Waals surface area contributed by atoms with E-state index in [1.807, 2.05) is 0 Å². The number of alkyl halides is 9. The standard InChI is InChI=1S/C28H39F9O2/c1-13-16-9-19(11-25(3,27(32,33)34)28(35,36)37)20(10-16)21(13)12-24(2,26(29,30)31)23(39-38)22-17-5-14-4-15(7-17)8-18(22)6-14/h13-23,38H,4-12H2,1-3H3. The monoisotopic (exact) mass is 578 g/mol. The van der Waals surface area contributed by atoms with Gasteiger partial charge in [0.1, 0.15) is 6.10 Å². The van der Waals surface area contributed by atoms with Crippen molar-refractivity contribution in [2.75, 3.05) is 0 Å². The van der Waals surface area contributed by atoms with E-state index in [0.29, 0.717) is 18.3 Å². The third-order valence-electron chi connectivity index (χ3n) is 12.4. The summed E-state index contributed by atoms with van der Waals surface area (Å²) in [5, 5.41) is 10.0. The van der Waals surface area contributed by atoms with E-state index in [1.54, 1.807) is 6.92 Å². The molecule has 0 heterocycles. The van der Waals surface area contributed by atoms with Gasteiger partial charge in [0.25, 0.3) is 0 Å². The molecule has 226 valence electrons. The van der Waals surface area contributed by atoms with E-state index >= 15 is 0 Å². The van der Waals surface area contributed by atoms with Crippen molar-refractivity contribution in [1.82, 2.24) is 0 Å². The highest BCUT2D eigenvalue weighted by Crippen LogP contribution is 2.66. The van der Waals surface area contributed by atoms with E-state index < -0.39 is 72.0 Å².